The standard InChI is InChI=1S/C28H30F3N3O4.C27H28F3N3O5.C20H25N3O3.C16H19N3O3.C8H6BrF3O.C4H7Br.CH2O3.Cs.HI/c1-19(35)15-22-3-2-4-23(16-22)32-13-11-27(12-14-32)25(36)33(17-20-5-6-20)26(37)34(27)18-21-7-9-24(10-8-21)38-28(29,30)31;28-27(29,30)38-22-8-6-19(7-9-22)17-33-25(37)32(16-18-4-5-18)24(36)26(33)10-12-31(13-11-26)21-3-1-2-20(14-21)15-23(34)35;1-14(24)11-16-3-2-4-17(12-16)22-9-7-20(8-10-22)18(25)23(19(26)21-20)13-15-5-6-15;1-11(20)9-12-3-2-4-13(10-12)19-7-5-16(6-8-19)14(21)17-15(22)18-16;9-5-6-1-3-7(4-2-6)13-8(10,11)12;5-3-4-1-2-4;2-1-4-3;;/h2-4,7-10,16,20H,5-6,11-15,17-18H2,1H3;1-3,6-9,14,18H,4-5,10-13,15-17H2,(H,34,35);2-4,12,15H,5-11,13H2,1H3,(H,21,26);2-4,10H,5-9H2,1H3,(H2,17,18,21,22);1-4H,5H2;4H,1-3H2;1,3H;;1H/q;;;;;;;+1;/p-1. The van der Waals surface area contributed by atoms with Gasteiger partial charge in [-0.1, -0.05) is 117 Å². The van der Waals surface area contributed by atoms with Crippen molar-refractivity contribution in [1.82, 2.24) is 40.4 Å². The monoisotopic (exact) mass is 2430 g/mol. The van der Waals surface area contributed by atoms with Crippen LogP contribution in [0.4, 0.5) is 81.4 Å². The summed E-state index contributed by atoms with van der Waals surface area (Å²) in [4.78, 5) is 175. The summed E-state index contributed by atoms with van der Waals surface area (Å²) < 4.78 is 122. The summed E-state index contributed by atoms with van der Waals surface area (Å²) in [7, 11) is 0. The summed E-state index contributed by atoms with van der Waals surface area (Å²) in [6, 6.07) is 46.2. The number of anilines is 4. The van der Waals surface area contributed by atoms with Crippen molar-refractivity contribution in [2.75, 3.05) is 96.9 Å². The molecule has 148 heavy (non-hydrogen) atoms. The number of carboxylic acids is 1. The third-order valence-electron chi connectivity index (χ3n) is 27.4. The normalized spacial score (nSPS) is 18.7. The molecular weight excluding hydrogens is 2310 g/mol. The van der Waals surface area contributed by atoms with Gasteiger partial charge in [0.2, 0.25) is 0 Å². The van der Waals surface area contributed by atoms with Gasteiger partial charge in [-0.3, -0.25) is 63.2 Å². The number of carboxylic acid groups (broad SMARTS) is 1. The molecule has 19 rings (SSSR count). The van der Waals surface area contributed by atoms with Gasteiger partial charge in [0.25, 0.3) is 30.1 Å². The number of benzene rings is 7. The van der Waals surface area contributed by atoms with Crippen molar-refractivity contribution in [2.45, 2.75) is 209 Å². The van der Waals surface area contributed by atoms with Crippen LogP contribution in [0, 0.1) is 23.7 Å². The number of ether oxygens (including phenoxy) is 3. The van der Waals surface area contributed by atoms with E-state index in [9.17, 15) is 97.0 Å². The van der Waals surface area contributed by atoms with E-state index in [1.165, 1.54) is 93.5 Å². The first kappa shape index (κ1) is 118. The molecule has 8 heterocycles. The number of alkyl halides is 11. The van der Waals surface area contributed by atoms with Gasteiger partial charge in [0.15, 0.2) is 0 Å². The Morgan fingerprint density at radius 3 is 0.973 bits per heavy atom. The third-order valence-corrected chi connectivity index (χ3v) is 29.0. The summed E-state index contributed by atoms with van der Waals surface area (Å²) in [6.07, 6.45) is 0.110. The molecule has 0 unspecified atom stereocenters. The van der Waals surface area contributed by atoms with Crippen molar-refractivity contribution < 1.29 is 200 Å². The molecule has 4 aliphatic carbocycles. The molecule has 4 spiro atoms. The minimum absolute atomic E-state index is 0. The van der Waals surface area contributed by atoms with E-state index >= 15 is 0 Å². The van der Waals surface area contributed by atoms with Crippen LogP contribution < -0.4 is 124 Å². The summed E-state index contributed by atoms with van der Waals surface area (Å²) in [5, 5.41) is 27.4. The second-order valence-electron chi connectivity index (χ2n) is 38.7. The van der Waals surface area contributed by atoms with Crippen LogP contribution in [0.1, 0.15) is 162 Å². The van der Waals surface area contributed by atoms with E-state index in [2.05, 4.69) is 86.5 Å². The summed E-state index contributed by atoms with van der Waals surface area (Å²) >= 11 is 6.56. The Morgan fingerprint density at radius 1 is 0.412 bits per heavy atom. The molecule has 7 aromatic rings. The summed E-state index contributed by atoms with van der Waals surface area (Å²) in [5.74, 6) is 0.107. The molecule has 4 saturated carbocycles. The Labute approximate surface area is 943 Å². The van der Waals surface area contributed by atoms with Crippen LogP contribution in [0.15, 0.2) is 170 Å². The van der Waals surface area contributed by atoms with Gasteiger partial charge < -0.3 is 69.5 Å². The molecule has 0 bridgehead atoms. The predicted molar refractivity (Wildman–Crippen MR) is 538 cm³/mol. The van der Waals surface area contributed by atoms with E-state index in [1.807, 2.05) is 84.9 Å². The predicted octanol–water partition coefficient (Wildman–Crippen LogP) is 13.8. The molecule has 12 amide bonds. The van der Waals surface area contributed by atoms with Gasteiger partial charge in [-0.25, -0.2) is 19.2 Å². The molecule has 0 atom stereocenters. The van der Waals surface area contributed by atoms with Crippen LogP contribution >= 0.6 is 55.8 Å². The number of aliphatic carboxylic acids is 1. The number of nitrogens with zero attached hydrogens (tertiary/aromatic N) is 9. The van der Waals surface area contributed by atoms with Gasteiger partial charge in [-0.15, -0.1) is 63.5 Å². The van der Waals surface area contributed by atoms with E-state index in [-0.39, 0.29) is 195 Å². The van der Waals surface area contributed by atoms with Crippen LogP contribution in [-0.2, 0) is 92.1 Å². The first-order valence-corrected chi connectivity index (χ1v) is 50.6. The summed E-state index contributed by atoms with van der Waals surface area (Å²) in [5.41, 5.74) is 6.17. The first-order valence-electron chi connectivity index (χ1n) is 48.4. The maximum Gasteiger partial charge on any atom is 1.00 e. The van der Waals surface area contributed by atoms with Crippen LogP contribution in [0.25, 0.3) is 0 Å². The van der Waals surface area contributed by atoms with Gasteiger partial charge in [-0.2, -0.15) is 0 Å². The topological polar surface area (TPSA) is 367 Å². The molecule has 31 nitrogen and oxygen atoms in total. The second kappa shape index (κ2) is 52.3. The fourth-order valence-corrected chi connectivity index (χ4v) is 20.1. The number of Topliss-reactive ketones (excluding diaryl/α,β-unsaturated/α-hetero) is 3. The zero-order chi connectivity index (χ0) is 105. The molecular formula is C104H117Br2CsF9IN12O19. The molecule has 8 saturated heterocycles. The fourth-order valence-electron chi connectivity index (χ4n) is 19.1. The van der Waals surface area contributed by atoms with Crippen molar-refractivity contribution in [3.8, 4) is 17.2 Å². The van der Waals surface area contributed by atoms with Gasteiger partial charge >= 0.3 is 118 Å². The van der Waals surface area contributed by atoms with E-state index in [0.717, 1.165) is 89.4 Å². The number of rotatable bonds is 28. The number of imide groups is 4. The van der Waals surface area contributed by atoms with Crippen LogP contribution in [0.2, 0.25) is 0 Å². The molecule has 0 aromatic heterocycles. The number of halogens is 12. The first-order chi connectivity index (χ1) is 69.4. The zero-order valence-corrected chi connectivity index (χ0v) is 94.0. The number of hydrogen-bond acceptors (Lipinski definition) is 22. The number of nitrogens with one attached hydrogen (secondary N) is 3. The average molecular weight is 2430 g/mol. The number of hydrogen-bond donors (Lipinski definition) is 4. The van der Waals surface area contributed by atoms with Gasteiger partial charge in [0.05, 0.1) is 6.42 Å². The smallest absolute Gasteiger partial charge is 0.662 e. The Balaban J connectivity index is 0.000000177. The van der Waals surface area contributed by atoms with Crippen molar-refractivity contribution in [1.29, 1.82) is 0 Å². The van der Waals surface area contributed by atoms with Gasteiger partial charge in [-0.05, 0) is 271 Å². The molecule has 12 aliphatic rings. The van der Waals surface area contributed by atoms with Crippen LogP contribution in [-0.4, -0.2) is 226 Å². The summed E-state index contributed by atoms with van der Waals surface area (Å²) in [6.45, 7) is 11.0. The number of amides is 12. The minimum atomic E-state index is -4.80. The van der Waals surface area contributed by atoms with E-state index in [4.69, 9.17) is 15.2 Å². The van der Waals surface area contributed by atoms with Crippen LogP contribution in [0.5, 0.6) is 17.2 Å². The maximum atomic E-state index is 13.7. The van der Waals surface area contributed by atoms with E-state index < -0.39 is 53.2 Å². The SMILES string of the molecule is BrCC1CC1.CC(=O)Cc1cccc(N2CCC3(CC2)C(=O)N(CC2CC2)C(=O)N3Cc2ccc(OC(F)(F)F)cc2)c1.CC(=O)Cc1cccc(N2CCC3(CC2)NC(=O)N(CC2CC2)C3=O)c1.CC(=O)Cc1cccc(N2CCC3(CC2)NC(=O)NC3=O)c1.FC(F)(F)Oc1ccc(CBr)cc1.I.O=C(O)Cc1cccc(N2CCC3(CC2)C(=O)N(CC2CC2)C(=O)N3Cc2ccc(OC(F)(F)F)cc2)c1.O=CO[O-].[Cs+]. The Kier molecular flexibility index (Phi) is 41.8. The minimum Gasteiger partial charge on any atom is -0.662 e. The molecule has 792 valence electrons. The van der Waals surface area contributed by atoms with E-state index in [0.29, 0.717) is 182 Å². The molecule has 12 fully saturated rings. The number of carbonyl (C=O) groups excluding carboxylic acids is 12. The Bertz CT molecular complexity index is 5650. The van der Waals surface area contributed by atoms with Crippen molar-refractivity contribution in [2.24, 2.45) is 23.7 Å². The molecule has 44 heteroatoms. The number of piperidine rings is 4. The van der Waals surface area contributed by atoms with Gasteiger partial charge in [0.1, 0.15) is 56.8 Å². The zero-order valence-electron chi connectivity index (χ0n) is 82.2. The average Bonchev–Trinajstić information content (AvgIpc) is 1.58. The number of carbonyl (C=O) groups is 13. The fraction of sp³-hybridized carbons (Fsp3) is 0.471. The van der Waals surface area contributed by atoms with Crippen molar-refractivity contribution >= 4 is 156 Å². The van der Waals surface area contributed by atoms with Crippen molar-refractivity contribution in [3.63, 3.8) is 0 Å². The van der Waals surface area contributed by atoms with E-state index in [1.54, 1.807) is 54.8 Å². The largest absolute Gasteiger partial charge is 1.00 e. The number of ketones is 3. The number of urea groups is 4. The van der Waals surface area contributed by atoms with Crippen molar-refractivity contribution in [3.05, 3.63) is 209 Å². The quantitative estimate of drug-likeness (QED) is 0.00673. The Hall–Kier alpha value is -10.1. The van der Waals surface area contributed by atoms with Gasteiger partial charge in [0, 0.05) is 138 Å². The van der Waals surface area contributed by atoms with Crippen LogP contribution in [0.3, 0.4) is 0 Å². The second-order valence-corrected chi connectivity index (χ2v) is 39.9. The Morgan fingerprint density at radius 2 is 0.709 bits per heavy atom. The molecule has 8 aliphatic heterocycles. The molecule has 0 radical (unpaired) electrons. The maximum absolute atomic E-state index is 13.7. The third kappa shape index (κ3) is 33.0. The molecule has 7 aromatic carbocycles. The molecule has 4 N–H and O–H groups in total.